The summed E-state index contributed by atoms with van der Waals surface area (Å²) < 4.78 is 0. The molecule has 4 heteroatoms. The summed E-state index contributed by atoms with van der Waals surface area (Å²) in [6.07, 6.45) is 2.95. The molecule has 1 amide bonds. The number of amides is 1. The van der Waals surface area contributed by atoms with Crippen LogP contribution in [0.25, 0.3) is 0 Å². The Balaban J connectivity index is 1.83. The summed E-state index contributed by atoms with van der Waals surface area (Å²) in [7, 11) is 0. The largest absolute Gasteiger partial charge is 0.338 e. The highest BCUT2D eigenvalue weighted by molar-refractivity contribution is 7.99. The van der Waals surface area contributed by atoms with Gasteiger partial charge in [-0.25, -0.2) is 4.98 Å². The standard InChI is InChI=1S/C19H22N2OS/c1-14-11-15(2)13-21(12-14)19(22)17-9-6-10-20-18(17)23-16-7-4-3-5-8-16/h3-10,14-15H,11-13H2,1-2H3. The monoisotopic (exact) mass is 326 g/mol. The van der Waals surface area contributed by atoms with Crippen LogP contribution >= 0.6 is 11.8 Å². The van der Waals surface area contributed by atoms with Crippen molar-refractivity contribution in [3.8, 4) is 0 Å². The van der Waals surface area contributed by atoms with Crippen molar-refractivity contribution in [2.75, 3.05) is 13.1 Å². The SMILES string of the molecule is CC1CC(C)CN(C(=O)c2cccnc2Sc2ccccc2)C1. The minimum absolute atomic E-state index is 0.106. The number of rotatable bonds is 3. The van der Waals surface area contributed by atoms with Gasteiger partial charge in [-0.15, -0.1) is 0 Å². The topological polar surface area (TPSA) is 33.2 Å². The molecule has 2 aromatic rings. The third kappa shape index (κ3) is 3.94. The lowest BCUT2D eigenvalue weighted by Gasteiger charge is -2.35. The number of carbonyl (C=O) groups excluding carboxylic acids is 1. The van der Waals surface area contributed by atoms with Crippen molar-refractivity contribution in [2.24, 2.45) is 11.8 Å². The third-order valence-corrected chi connectivity index (χ3v) is 5.14. The van der Waals surface area contributed by atoms with Crippen molar-refractivity contribution in [2.45, 2.75) is 30.2 Å². The number of piperidine rings is 1. The quantitative estimate of drug-likeness (QED) is 0.840. The Morgan fingerprint density at radius 3 is 2.48 bits per heavy atom. The molecule has 23 heavy (non-hydrogen) atoms. The Morgan fingerprint density at radius 2 is 1.78 bits per heavy atom. The van der Waals surface area contributed by atoms with Gasteiger partial charge in [0.15, 0.2) is 0 Å². The van der Waals surface area contributed by atoms with Gasteiger partial charge in [0, 0.05) is 24.2 Å². The first-order chi connectivity index (χ1) is 11.1. The molecular formula is C19H22N2OS. The zero-order chi connectivity index (χ0) is 16.2. The number of hydrogen-bond acceptors (Lipinski definition) is 3. The molecule has 0 aliphatic carbocycles. The normalized spacial score (nSPS) is 21.2. The first-order valence-corrected chi connectivity index (χ1v) is 8.92. The highest BCUT2D eigenvalue weighted by Gasteiger charge is 2.27. The van der Waals surface area contributed by atoms with Crippen LogP contribution < -0.4 is 0 Å². The summed E-state index contributed by atoms with van der Waals surface area (Å²) in [5.41, 5.74) is 0.711. The number of carbonyl (C=O) groups is 1. The fourth-order valence-electron chi connectivity index (χ4n) is 3.23. The lowest BCUT2D eigenvalue weighted by atomic mass is 9.91. The average molecular weight is 326 g/mol. The molecule has 1 aliphatic rings. The lowest BCUT2D eigenvalue weighted by molar-refractivity contribution is 0.0619. The molecule has 3 rings (SSSR count). The maximum atomic E-state index is 13.0. The zero-order valence-electron chi connectivity index (χ0n) is 13.6. The van der Waals surface area contributed by atoms with E-state index in [0.29, 0.717) is 17.4 Å². The fraction of sp³-hybridized carbons (Fsp3) is 0.368. The molecule has 2 atom stereocenters. The Morgan fingerprint density at radius 1 is 1.09 bits per heavy atom. The van der Waals surface area contributed by atoms with Crippen molar-refractivity contribution in [1.29, 1.82) is 0 Å². The second kappa shape index (κ2) is 7.18. The van der Waals surface area contributed by atoms with Crippen LogP contribution in [0.5, 0.6) is 0 Å². The van der Waals surface area contributed by atoms with Gasteiger partial charge < -0.3 is 4.90 Å². The number of nitrogens with zero attached hydrogens (tertiary/aromatic N) is 2. The van der Waals surface area contributed by atoms with Gasteiger partial charge in [-0.3, -0.25) is 4.79 Å². The van der Waals surface area contributed by atoms with Gasteiger partial charge in [0.1, 0.15) is 5.03 Å². The summed E-state index contributed by atoms with van der Waals surface area (Å²) in [6.45, 7) is 6.12. The van der Waals surface area contributed by atoms with Crippen LogP contribution in [-0.2, 0) is 0 Å². The lowest BCUT2D eigenvalue weighted by Crippen LogP contribution is -2.42. The van der Waals surface area contributed by atoms with Crippen molar-refractivity contribution in [1.82, 2.24) is 9.88 Å². The van der Waals surface area contributed by atoms with E-state index < -0.39 is 0 Å². The molecule has 0 saturated carbocycles. The zero-order valence-corrected chi connectivity index (χ0v) is 14.4. The molecule has 120 valence electrons. The van der Waals surface area contributed by atoms with Crippen LogP contribution in [0.15, 0.2) is 58.6 Å². The molecule has 0 spiro atoms. The molecule has 0 bridgehead atoms. The minimum atomic E-state index is 0.106. The fourth-order valence-corrected chi connectivity index (χ4v) is 4.13. The number of hydrogen-bond donors (Lipinski definition) is 0. The predicted molar refractivity (Wildman–Crippen MR) is 93.7 cm³/mol. The summed E-state index contributed by atoms with van der Waals surface area (Å²) in [6, 6.07) is 13.8. The molecule has 1 aromatic heterocycles. The minimum Gasteiger partial charge on any atom is -0.338 e. The van der Waals surface area contributed by atoms with Gasteiger partial charge >= 0.3 is 0 Å². The van der Waals surface area contributed by atoms with Crippen LogP contribution in [-0.4, -0.2) is 28.9 Å². The van der Waals surface area contributed by atoms with Gasteiger partial charge in [-0.1, -0.05) is 43.8 Å². The smallest absolute Gasteiger partial charge is 0.256 e. The Hall–Kier alpha value is -1.81. The maximum absolute atomic E-state index is 13.0. The highest BCUT2D eigenvalue weighted by Crippen LogP contribution is 2.30. The van der Waals surface area contributed by atoms with E-state index in [1.54, 1.807) is 18.0 Å². The first kappa shape index (κ1) is 16.1. The molecular weight excluding hydrogens is 304 g/mol. The predicted octanol–water partition coefficient (Wildman–Crippen LogP) is 4.35. The molecule has 1 saturated heterocycles. The molecule has 1 aromatic carbocycles. The number of aromatic nitrogens is 1. The maximum Gasteiger partial charge on any atom is 0.256 e. The summed E-state index contributed by atoms with van der Waals surface area (Å²) >= 11 is 1.55. The second-order valence-electron chi connectivity index (χ2n) is 6.43. The van der Waals surface area contributed by atoms with Crippen LogP contribution in [0, 0.1) is 11.8 Å². The average Bonchev–Trinajstić information content (AvgIpc) is 2.55. The van der Waals surface area contributed by atoms with Crippen LogP contribution in [0.3, 0.4) is 0 Å². The van der Waals surface area contributed by atoms with Crippen molar-refractivity contribution in [3.63, 3.8) is 0 Å². The summed E-state index contributed by atoms with van der Waals surface area (Å²) in [5.74, 6) is 1.23. The number of pyridine rings is 1. The van der Waals surface area contributed by atoms with Gasteiger partial charge in [0.2, 0.25) is 0 Å². The van der Waals surface area contributed by atoms with Crippen molar-refractivity contribution < 1.29 is 4.79 Å². The Kier molecular flexibility index (Phi) is 5.01. The van der Waals surface area contributed by atoms with Gasteiger partial charge in [0.25, 0.3) is 5.91 Å². The summed E-state index contributed by atoms with van der Waals surface area (Å²) in [4.78, 5) is 20.5. The molecule has 2 heterocycles. The van der Waals surface area contributed by atoms with Gasteiger partial charge in [0.05, 0.1) is 5.56 Å². The van der Waals surface area contributed by atoms with E-state index in [4.69, 9.17) is 0 Å². The van der Waals surface area contributed by atoms with E-state index in [1.807, 2.05) is 47.4 Å². The van der Waals surface area contributed by atoms with E-state index in [0.717, 1.165) is 23.0 Å². The van der Waals surface area contributed by atoms with E-state index >= 15 is 0 Å². The number of likely N-dealkylation sites (tertiary alicyclic amines) is 1. The van der Waals surface area contributed by atoms with Crippen LogP contribution in [0.4, 0.5) is 0 Å². The molecule has 0 N–H and O–H groups in total. The Bertz CT molecular complexity index is 664. The molecule has 3 nitrogen and oxygen atoms in total. The highest BCUT2D eigenvalue weighted by atomic mass is 32.2. The van der Waals surface area contributed by atoms with E-state index in [2.05, 4.69) is 18.8 Å². The summed E-state index contributed by atoms with van der Waals surface area (Å²) in [5, 5.41) is 0.787. The van der Waals surface area contributed by atoms with E-state index in [1.165, 1.54) is 6.42 Å². The van der Waals surface area contributed by atoms with Crippen LogP contribution in [0.1, 0.15) is 30.6 Å². The van der Waals surface area contributed by atoms with E-state index in [-0.39, 0.29) is 5.91 Å². The Labute approximate surface area is 142 Å². The van der Waals surface area contributed by atoms with Crippen molar-refractivity contribution in [3.05, 3.63) is 54.2 Å². The van der Waals surface area contributed by atoms with E-state index in [9.17, 15) is 4.79 Å². The van der Waals surface area contributed by atoms with Crippen LogP contribution in [0.2, 0.25) is 0 Å². The molecule has 1 fully saturated rings. The molecule has 2 unspecified atom stereocenters. The second-order valence-corrected chi connectivity index (χ2v) is 7.49. The molecule has 0 radical (unpaired) electrons. The molecule has 1 aliphatic heterocycles. The number of benzene rings is 1. The third-order valence-electron chi connectivity index (χ3n) is 4.12. The van der Waals surface area contributed by atoms with Gasteiger partial charge in [-0.2, -0.15) is 0 Å². The van der Waals surface area contributed by atoms with Gasteiger partial charge in [-0.05, 0) is 42.5 Å². The first-order valence-electron chi connectivity index (χ1n) is 8.10. The van der Waals surface area contributed by atoms with Crippen molar-refractivity contribution >= 4 is 17.7 Å².